The van der Waals surface area contributed by atoms with E-state index in [9.17, 15) is 4.39 Å². The Labute approximate surface area is 111 Å². The van der Waals surface area contributed by atoms with Gasteiger partial charge in [0.05, 0.1) is 10.7 Å². The van der Waals surface area contributed by atoms with E-state index in [4.69, 9.17) is 5.73 Å². The number of hydrogen-bond donors (Lipinski definition) is 1. The van der Waals surface area contributed by atoms with Crippen LogP contribution in [0.1, 0.15) is 32.7 Å². The summed E-state index contributed by atoms with van der Waals surface area (Å²) in [6, 6.07) is 4.74. The fourth-order valence-electron chi connectivity index (χ4n) is 1.91. The zero-order valence-electron chi connectivity index (χ0n) is 10.8. The normalized spacial score (nSPS) is 12.7. The van der Waals surface area contributed by atoms with Crippen molar-refractivity contribution in [2.24, 2.45) is 5.73 Å². The highest BCUT2D eigenvalue weighted by atomic mass is 32.1. The first-order chi connectivity index (χ1) is 8.45. The Kier molecular flexibility index (Phi) is 3.78. The minimum Gasteiger partial charge on any atom is -0.324 e. The van der Waals surface area contributed by atoms with E-state index < -0.39 is 0 Å². The molecule has 0 aliphatic carbocycles. The van der Waals surface area contributed by atoms with E-state index in [1.807, 2.05) is 26.8 Å². The van der Waals surface area contributed by atoms with Crippen LogP contribution in [-0.4, -0.2) is 4.98 Å². The van der Waals surface area contributed by atoms with E-state index in [0.29, 0.717) is 6.42 Å². The zero-order valence-corrected chi connectivity index (χ0v) is 11.6. The van der Waals surface area contributed by atoms with Crippen molar-refractivity contribution < 1.29 is 4.39 Å². The molecular formula is C14H17FN2S. The van der Waals surface area contributed by atoms with Crippen LogP contribution in [0.5, 0.6) is 0 Å². The summed E-state index contributed by atoms with van der Waals surface area (Å²) < 4.78 is 13.3. The van der Waals surface area contributed by atoms with Crippen molar-refractivity contribution in [2.45, 2.75) is 33.2 Å². The number of aryl methyl sites for hydroxylation is 3. The molecule has 0 saturated carbocycles. The summed E-state index contributed by atoms with van der Waals surface area (Å²) in [6.07, 6.45) is 0.655. The number of aromatic nitrogens is 1. The molecule has 18 heavy (non-hydrogen) atoms. The molecule has 1 atom stereocenters. The lowest BCUT2D eigenvalue weighted by Crippen LogP contribution is -2.13. The monoisotopic (exact) mass is 264 g/mol. The zero-order chi connectivity index (χ0) is 13.3. The van der Waals surface area contributed by atoms with Gasteiger partial charge in [-0.15, -0.1) is 11.3 Å². The fourth-order valence-corrected chi connectivity index (χ4v) is 2.90. The topological polar surface area (TPSA) is 38.9 Å². The predicted octanol–water partition coefficient (Wildman–Crippen LogP) is 3.45. The fraction of sp³-hybridized carbons (Fsp3) is 0.357. The second-order valence-corrected chi connectivity index (χ2v) is 5.91. The molecule has 0 radical (unpaired) electrons. The number of halogens is 1. The lowest BCUT2D eigenvalue weighted by Gasteiger charge is -2.11. The molecule has 0 saturated heterocycles. The van der Waals surface area contributed by atoms with Gasteiger partial charge in [0, 0.05) is 17.3 Å². The SMILES string of the molecule is Cc1cc(F)cc(C(N)Cc2nc(C)c(C)s2)c1. The Morgan fingerprint density at radius 3 is 2.56 bits per heavy atom. The van der Waals surface area contributed by atoms with Gasteiger partial charge >= 0.3 is 0 Å². The summed E-state index contributed by atoms with van der Waals surface area (Å²) in [4.78, 5) is 5.68. The second-order valence-electron chi connectivity index (χ2n) is 4.62. The van der Waals surface area contributed by atoms with Crippen LogP contribution in [0.3, 0.4) is 0 Å². The van der Waals surface area contributed by atoms with Gasteiger partial charge in [-0.05, 0) is 44.0 Å². The van der Waals surface area contributed by atoms with Crippen molar-refractivity contribution in [1.82, 2.24) is 4.98 Å². The molecule has 0 bridgehead atoms. The molecule has 0 fully saturated rings. The van der Waals surface area contributed by atoms with Gasteiger partial charge in [0.2, 0.25) is 0 Å². The van der Waals surface area contributed by atoms with Crippen LogP contribution >= 0.6 is 11.3 Å². The maximum Gasteiger partial charge on any atom is 0.123 e. The molecule has 1 aromatic heterocycles. The number of rotatable bonds is 3. The average Bonchev–Trinajstić information content (AvgIpc) is 2.56. The van der Waals surface area contributed by atoms with Crippen LogP contribution in [0.15, 0.2) is 18.2 Å². The molecule has 1 unspecified atom stereocenters. The van der Waals surface area contributed by atoms with Crippen molar-refractivity contribution in [1.29, 1.82) is 0 Å². The average molecular weight is 264 g/mol. The molecule has 96 valence electrons. The van der Waals surface area contributed by atoms with Crippen LogP contribution in [0.4, 0.5) is 4.39 Å². The summed E-state index contributed by atoms with van der Waals surface area (Å²) >= 11 is 1.66. The maximum atomic E-state index is 13.3. The van der Waals surface area contributed by atoms with Crippen molar-refractivity contribution in [3.05, 3.63) is 50.7 Å². The quantitative estimate of drug-likeness (QED) is 0.922. The molecule has 1 heterocycles. The number of hydrogen-bond acceptors (Lipinski definition) is 3. The number of benzene rings is 1. The van der Waals surface area contributed by atoms with E-state index >= 15 is 0 Å². The van der Waals surface area contributed by atoms with Crippen LogP contribution in [0.2, 0.25) is 0 Å². The van der Waals surface area contributed by atoms with Crippen LogP contribution in [-0.2, 0) is 6.42 Å². The molecule has 0 amide bonds. The number of thiazole rings is 1. The van der Waals surface area contributed by atoms with Crippen molar-refractivity contribution >= 4 is 11.3 Å². The maximum absolute atomic E-state index is 13.3. The molecule has 2 aromatic rings. The van der Waals surface area contributed by atoms with E-state index in [1.165, 1.54) is 17.0 Å². The van der Waals surface area contributed by atoms with Crippen LogP contribution < -0.4 is 5.73 Å². The lowest BCUT2D eigenvalue weighted by atomic mass is 10.0. The van der Waals surface area contributed by atoms with Crippen LogP contribution in [0, 0.1) is 26.6 Å². The first kappa shape index (κ1) is 13.2. The standard InChI is InChI=1S/C14H17FN2S/c1-8-4-11(6-12(15)5-8)13(16)7-14-17-9(2)10(3)18-14/h4-6,13H,7,16H2,1-3H3. The molecular weight excluding hydrogens is 247 g/mol. The van der Waals surface area contributed by atoms with Gasteiger partial charge in [0.25, 0.3) is 0 Å². The smallest absolute Gasteiger partial charge is 0.123 e. The van der Waals surface area contributed by atoms with Gasteiger partial charge in [-0.2, -0.15) is 0 Å². The van der Waals surface area contributed by atoms with Gasteiger partial charge < -0.3 is 5.73 Å². The molecule has 0 aliphatic heterocycles. The highest BCUT2D eigenvalue weighted by molar-refractivity contribution is 7.11. The minimum absolute atomic E-state index is 0.204. The summed E-state index contributed by atoms with van der Waals surface area (Å²) in [5.74, 6) is -0.230. The number of nitrogens with two attached hydrogens (primary N) is 1. The van der Waals surface area contributed by atoms with Gasteiger partial charge in [-0.1, -0.05) is 6.07 Å². The Hall–Kier alpha value is -1.26. The Balaban J connectivity index is 2.18. The van der Waals surface area contributed by atoms with Crippen molar-refractivity contribution in [2.75, 3.05) is 0 Å². The Morgan fingerprint density at radius 1 is 1.28 bits per heavy atom. The highest BCUT2D eigenvalue weighted by Gasteiger charge is 2.12. The van der Waals surface area contributed by atoms with Gasteiger partial charge in [-0.25, -0.2) is 9.37 Å². The van der Waals surface area contributed by atoms with Gasteiger partial charge in [-0.3, -0.25) is 0 Å². The molecule has 1 aromatic carbocycles. The van der Waals surface area contributed by atoms with E-state index in [2.05, 4.69) is 4.98 Å². The summed E-state index contributed by atoms with van der Waals surface area (Å²) in [7, 11) is 0. The molecule has 2 N–H and O–H groups in total. The predicted molar refractivity (Wildman–Crippen MR) is 73.4 cm³/mol. The van der Waals surface area contributed by atoms with E-state index in [0.717, 1.165) is 21.8 Å². The first-order valence-electron chi connectivity index (χ1n) is 5.91. The van der Waals surface area contributed by atoms with E-state index in [1.54, 1.807) is 11.3 Å². The van der Waals surface area contributed by atoms with Gasteiger partial charge in [0.1, 0.15) is 5.82 Å². The van der Waals surface area contributed by atoms with Crippen molar-refractivity contribution in [3.63, 3.8) is 0 Å². The van der Waals surface area contributed by atoms with E-state index in [-0.39, 0.29) is 11.9 Å². The third kappa shape index (κ3) is 2.94. The highest BCUT2D eigenvalue weighted by Crippen LogP contribution is 2.23. The summed E-state index contributed by atoms with van der Waals surface area (Å²) in [6.45, 7) is 5.92. The first-order valence-corrected chi connectivity index (χ1v) is 6.73. The summed E-state index contributed by atoms with van der Waals surface area (Å²) in [5.41, 5.74) is 8.90. The molecule has 2 nitrogen and oxygen atoms in total. The molecule has 4 heteroatoms. The van der Waals surface area contributed by atoms with Crippen molar-refractivity contribution in [3.8, 4) is 0 Å². The third-order valence-electron chi connectivity index (χ3n) is 2.96. The largest absolute Gasteiger partial charge is 0.324 e. The summed E-state index contributed by atoms with van der Waals surface area (Å²) in [5, 5.41) is 1.01. The minimum atomic E-state index is -0.230. The number of nitrogens with zero attached hydrogens (tertiary/aromatic N) is 1. The second kappa shape index (κ2) is 5.16. The lowest BCUT2D eigenvalue weighted by molar-refractivity contribution is 0.617. The molecule has 0 aliphatic rings. The third-order valence-corrected chi connectivity index (χ3v) is 4.06. The Bertz CT molecular complexity index is 523. The van der Waals surface area contributed by atoms with Crippen LogP contribution in [0.25, 0.3) is 0 Å². The van der Waals surface area contributed by atoms with Gasteiger partial charge in [0.15, 0.2) is 0 Å². The Morgan fingerprint density at radius 2 is 2.00 bits per heavy atom. The molecule has 2 rings (SSSR count). The molecule has 0 spiro atoms.